The maximum atomic E-state index is 12.8. The molecule has 10 heteroatoms. The van der Waals surface area contributed by atoms with E-state index in [-0.39, 0.29) is 23.7 Å². The Labute approximate surface area is 173 Å². The van der Waals surface area contributed by atoms with Gasteiger partial charge in [-0.1, -0.05) is 0 Å². The van der Waals surface area contributed by atoms with E-state index >= 15 is 0 Å². The Morgan fingerprint density at radius 2 is 1.93 bits per heavy atom. The monoisotopic (exact) mass is 414 g/mol. The lowest BCUT2D eigenvalue weighted by Gasteiger charge is -2.56. The summed E-state index contributed by atoms with van der Waals surface area (Å²) in [5.41, 5.74) is -0.128. The third-order valence-corrected chi connectivity index (χ3v) is 6.92. The average Bonchev–Trinajstić information content (AvgIpc) is 3.33. The highest BCUT2D eigenvalue weighted by molar-refractivity contribution is 6.05. The third-order valence-electron chi connectivity index (χ3n) is 6.92. The van der Waals surface area contributed by atoms with Gasteiger partial charge in [-0.25, -0.2) is 4.68 Å². The molecular formula is C20H26N6O4. The van der Waals surface area contributed by atoms with Gasteiger partial charge in [-0.3, -0.25) is 19.6 Å². The Bertz CT molecular complexity index is 945. The molecule has 2 heterocycles. The summed E-state index contributed by atoms with van der Waals surface area (Å²) in [4.78, 5) is 24.0. The number of hydrogen-bond donors (Lipinski definition) is 1. The Morgan fingerprint density at radius 1 is 1.27 bits per heavy atom. The fraction of sp³-hybridized carbons (Fsp3) is 0.650. The first-order valence-electron chi connectivity index (χ1n) is 10.6. The van der Waals surface area contributed by atoms with Gasteiger partial charge in [0, 0.05) is 6.61 Å². The van der Waals surface area contributed by atoms with Gasteiger partial charge in [0.05, 0.1) is 28.5 Å². The first-order chi connectivity index (χ1) is 14.5. The van der Waals surface area contributed by atoms with Crippen LogP contribution >= 0.6 is 0 Å². The number of anilines is 1. The summed E-state index contributed by atoms with van der Waals surface area (Å²) in [5.74, 6) is 1.43. The van der Waals surface area contributed by atoms with Crippen LogP contribution in [-0.2, 0) is 17.0 Å². The first kappa shape index (κ1) is 19.2. The number of nitrogens with zero attached hydrogens (tertiary/aromatic N) is 5. The van der Waals surface area contributed by atoms with Gasteiger partial charge in [0.25, 0.3) is 5.91 Å². The molecule has 0 aliphatic heterocycles. The number of nitrogens with one attached hydrogen (secondary N) is 1. The molecule has 30 heavy (non-hydrogen) atoms. The standard InChI is InChI=1S/C20H26N6O4/c1-2-30-12-24-10-16(9-21-24)22-19(27)18-17(26(28)29)11-25(23-18)20-6-13-3-14(7-20)5-15(4-13)8-20/h9-11,13-15H,2-8,12H2,1H3,(H,22,27). The number of nitro groups is 1. The van der Waals surface area contributed by atoms with E-state index in [9.17, 15) is 14.9 Å². The summed E-state index contributed by atoms with van der Waals surface area (Å²) in [6.07, 6.45) is 11.4. The van der Waals surface area contributed by atoms with Crippen molar-refractivity contribution in [1.82, 2.24) is 19.6 Å². The zero-order valence-electron chi connectivity index (χ0n) is 17.0. The van der Waals surface area contributed by atoms with Crippen LogP contribution in [0.5, 0.6) is 0 Å². The molecule has 2 aromatic rings. The van der Waals surface area contributed by atoms with Gasteiger partial charge in [0.1, 0.15) is 12.9 Å². The Kier molecular flexibility index (Phi) is 4.61. The lowest BCUT2D eigenvalue weighted by atomic mass is 9.53. The molecule has 1 amide bonds. The minimum Gasteiger partial charge on any atom is -0.360 e. The van der Waals surface area contributed by atoms with Gasteiger partial charge < -0.3 is 10.1 Å². The SMILES string of the molecule is CCOCn1cc(NC(=O)c2nn(C34CC5CC(CC(C5)C3)C4)cc2[N+](=O)[O-])cn1. The molecule has 2 aromatic heterocycles. The number of aromatic nitrogens is 4. The molecule has 4 bridgehead atoms. The average molecular weight is 414 g/mol. The van der Waals surface area contributed by atoms with Crippen LogP contribution in [0.25, 0.3) is 0 Å². The van der Waals surface area contributed by atoms with E-state index in [1.165, 1.54) is 31.7 Å². The second-order valence-electron chi connectivity index (χ2n) is 9.05. The quantitative estimate of drug-likeness (QED) is 0.549. The Morgan fingerprint density at radius 3 is 2.53 bits per heavy atom. The zero-order chi connectivity index (χ0) is 20.9. The van der Waals surface area contributed by atoms with Crippen LogP contribution in [0, 0.1) is 27.9 Å². The van der Waals surface area contributed by atoms with Crippen LogP contribution in [0.1, 0.15) is 55.9 Å². The highest BCUT2D eigenvalue weighted by atomic mass is 16.6. The molecule has 10 nitrogen and oxygen atoms in total. The normalized spacial score (nSPS) is 29.3. The van der Waals surface area contributed by atoms with E-state index in [4.69, 9.17) is 4.74 Å². The summed E-state index contributed by atoms with van der Waals surface area (Å²) < 4.78 is 8.57. The van der Waals surface area contributed by atoms with E-state index in [0.29, 0.717) is 30.0 Å². The van der Waals surface area contributed by atoms with Crippen LogP contribution in [0.2, 0.25) is 0 Å². The largest absolute Gasteiger partial charge is 0.360 e. The lowest BCUT2D eigenvalue weighted by molar-refractivity contribution is -0.385. The highest BCUT2D eigenvalue weighted by Crippen LogP contribution is 2.58. The minimum absolute atomic E-state index is 0.145. The van der Waals surface area contributed by atoms with E-state index in [1.54, 1.807) is 15.6 Å². The maximum absolute atomic E-state index is 12.8. The molecule has 4 aliphatic carbocycles. The minimum atomic E-state index is -0.596. The van der Waals surface area contributed by atoms with Crippen molar-refractivity contribution in [2.24, 2.45) is 17.8 Å². The topological polar surface area (TPSA) is 117 Å². The summed E-state index contributed by atoms with van der Waals surface area (Å²) in [6.45, 7) is 2.70. The van der Waals surface area contributed by atoms with Gasteiger partial charge in [0.2, 0.25) is 5.69 Å². The van der Waals surface area contributed by atoms with Crippen molar-refractivity contribution in [3.63, 3.8) is 0 Å². The molecular weight excluding hydrogens is 388 g/mol. The van der Waals surface area contributed by atoms with E-state index in [2.05, 4.69) is 15.5 Å². The molecule has 0 radical (unpaired) electrons. The summed E-state index contributed by atoms with van der Waals surface area (Å²) >= 11 is 0. The van der Waals surface area contributed by atoms with Crippen molar-refractivity contribution >= 4 is 17.3 Å². The van der Waals surface area contributed by atoms with Crippen LogP contribution in [-0.4, -0.2) is 37.0 Å². The molecule has 4 aliphatic rings. The molecule has 1 N–H and O–H groups in total. The van der Waals surface area contributed by atoms with Crippen molar-refractivity contribution in [2.75, 3.05) is 11.9 Å². The van der Waals surface area contributed by atoms with Crippen molar-refractivity contribution < 1.29 is 14.5 Å². The molecule has 0 spiro atoms. The molecule has 0 unspecified atom stereocenters. The van der Waals surface area contributed by atoms with Crippen molar-refractivity contribution in [3.05, 3.63) is 34.4 Å². The molecule has 160 valence electrons. The van der Waals surface area contributed by atoms with Crippen molar-refractivity contribution in [3.8, 4) is 0 Å². The van der Waals surface area contributed by atoms with Crippen LogP contribution < -0.4 is 5.32 Å². The van der Waals surface area contributed by atoms with E-state index < -0.39 is 10.8 Å². The first-order valence-corrected chi connectivity index (χ1v) is 10.6. The smallest absolute Gasteiger partial charge is 0.320 e. The molecule has 4 saturated carbocycles. The maximum Gasteiger partial charge on any atom is 0.320 e. The lowest BCUT2D eigenvalue weighted by Crippen LogP contribution is -2.52. The van der Waals surface area contributed by atoms with Crippen LogP contribution in [0.3, 0.4) is 0 Å². The van der Waals surface area contributed by atoms with E-state index in [0.717, 1.165) is 19.3 Å². The van der Waals surface area contributed by atoms with E-state index in [1.807, 2.05) is 6.92 Å². The van der Waals surface area contributed by atoms with Gasteiger partial charge in [-0.2, -0.15) is 10.2 Å². The molecule has 0 aromatic carbocycles. The van der Waals surface area contributed by atoms with Gasteiger partial charge in [-0.15, -0.1) is 0 Å². The van der Waals surface area contributed by atoms with Crippen molar-refractivity contribution in [2.45, 2.75) is 57.7 Å². The molecule has 6 rings (SSSR count). The van der Waals surface area contributed by atoms with Crippen LogP contribution in [0.4, 0.5) is 11.4 Å². The van der Waals surface area contributed by atoms with Gasteiger partial charge >= 0.3 is 5.69 Å². The Balaban J connectivity index is 1.40. The highest BCUT2D eigenvalue weighted by Gasteiger charge is 2.53. The number of ether oxygens (including phenoxy) is 1. The predicted octanol–water partition coefficient (Wildman–Crippen LogP) is 3.16. The number of hydrogen-bond acceptors (Lipinski definition) is 6. The number of amides is 1. The molecule has 0 saturated heterocycles. The summed E-state index contributed by atoms with van der Waals surface area (Å²) in [5, 5.41) is 23.0. The van der Waals surface area contributed by atoms with Gasteiger partial charge in [0.15, 0.2) is 0 Å². The molecule has 4 fully saturated rings. The fourth-order valence-corrected chi connectivity index (χ4v) is 6.12. The van der Waals surface area contributed by atoms with Crippen molar-refractivity contribution in [1.29, 1.82) is 0 Å². The third kappa shape index (κ3) is 3.28. The fourth-order valence-electron chi connectivity index (χ4n) is 6.12. The Hall–Kier alpha value is -2.75. The number of rotatable bonds is 7. The summed E-state index contributed by atoms with van der Waals surface area (Å²) in [6, 6.07) is 0. The number of carbonyl (C=O) groups is 1. The number of carbonyl (C=O) groups excluding carboxylic acids is 1. The predicted molar refractivity (Wildman–Crippen MR) is 107 cm³/mol. The second kappa shape index (κ2) is 7.19. The molecule has 0 atom stereocenters. The zero-order valence-corrected chi connectivity index (χ0v) is 17.0. The summed E-state index contributed by atoms with van der Waals surface area (Å²) in [7, 11) is 0. The van der Waals surface area contributed by atoms with Gasteiger partial charge in [-0.05, 0) is 63.2 Å². The second-order valence-corrected chi connectivity index (χ2v) is 9.05. The van der Waals surface area contributed by atoms with Crippen LogP contribution in [0.15, 0.2) is 18.6 Å².